The van der Waals surface area contributed by atoms with Crippen LogP contribution in [0.2, 0.25) is 0 Å². The molecule has 0 aromatic carbocycles. The highest BCUT2D eigenvalue weighted by atomic mass is 16.6. The maximum Gasteiger partial charge on any atom is 0.183 e. The zero-order chi connectivity index (χ0) is 15.9. The van der Waals surface area contributed by atoms with E-state index in [1.54, 1.807) is 0 Å². The van der Waals surface area contributed by atoms with Crippen molar-refractivity contribution < 1.29 is 50.7 Å². The standard InChI is InChI=1S/C5H10O5.C5H12O5/c6-2-1-10-5(9)4(8)3(2)7;6-1-3(8)5(10)4(9)2-7/h2-9H,1H2;3-10H,1-2H2/t2-,3+,4-,5?;3-,4+,5?/m1./s1. The van der Waals surface area contributed by atoms with Gasteiger partial charge in [0, 0.05) is 0 Å². The molecule has 1 aliphatic rings. The van der Waals surface area contributed by atoms with E-state index >= 15 is 0 Å². The summed E-state index contributed by atoms with van der Waals surface area (Å²) in [5.41, 5.74) is 0. The maximum absolute atomic E-state index is 8.88. The van der Waals surface area contributed by atoms with Crippen molar-refractivity contribution >= 4 is 0 Å². The van der Waals surface area contributed by atoms with Gasteiger partial charge in [-0.25, -0.2) is 0 Å². The van der Waals surface area contributed by atoms with Crippen molar-refractivity contribution in [1.29, 1.82) is 0 Å². The first-order valence-electron chi connectivity index (χ1n) is 5.86. The quantitative estimate of drug-likeness (QED) is 0.242. The second-order valence-corrected chi connectivity index (χ2v) is 4.26. The molecule has 0 aliphatic carbocycles. The Morgan fingerprint density at radius 2 is 1.30 bits per heavy atom. The Balaban J connectivity index is 0.000000361. The van der Waals surface area contributed by atoms with Crippen molar-refractivity contribution in [2.24, 2.45) is 0 Å². The largest absolute Gasteiger partial charge is 0.394 e. The summed E-state index contributed by atoms with van der Waals surface area (Å²) in [7, 11) is 0. The van der Waals surface area contributed by atoms with Gasteiger partial charge in [-0.1, -0.05) is 0 Å². The van der Waals surface area contributed by atoms with Crippen LogP contribution >= 0.6 is 0 Å². The minimum absolute atomic E-state index is 0.153. The van der Waals surface area contributed by atoms with Crippen LogP contribution in [-0.2, 0) is 4.74 Å². The number of hydrogen-bond donors (Lipinski definition) is 9. The number of ether oxygens (including phenoxy) is 1. The molecule has 0 saturated carbocycles. The molecule has 9 N–H and O–H groups in total. The van der Waals surface area contributed by atoms with Crippen molar-refractivity contribution in [3.8, 4) is 0 Å². The van der Waals surface area contributed by atoms with E-state index in [2.05, 4.69) is 4.74 Å². The lowest BCUT2D eigenvalue weighted by molar-refractivity contribution is -0.252. The highest BCUT2D eigenvalue weighted by Gasteiger charge is 2.36. The lowest BCUT2D eigenvalue weighted by atomic mass is 10.1. The van der Waals surface area contributed by atoms with Crippen LogP contribution in [0.15, 0.2) is 0 Å². The van der Waals surface area contributed by atoms with Gasteiger partial charge in [0.1, 0.15) is 36.6 Å². The lowest BCUT2D eigenvalue weighted by Gasteiger charge is -2.31. The first-order valence-corrected chi connectivity index (χ1v) is 5.86. The molecule has 7 atom stereocenters. The molecule has 0 amide bonds. The van der Waals surface area contributed by atoms with Crippen LogP contribution in [0.4, 0.5) is 0 Å². The predicted molar refractivity (Wildman–Crippen MR) is 62.2 cm³/mol. The van der Waals surface area contributed by atoms with Gasteiger partial charge in [-0.3, -0.25) is 0 Å². The second-order valence-electron chi connectivity index (χ2n) is 4.26. The van der Waals surface area contributed by atoms with Crippen LogP contribution in [0.1, 0.15) is 0 Å². The summed E-state index contributed by atoms with van der Waals surface area (Å²) in [6, 6.07) is 0. The summed E-state index contributed by atoms with van der Waals surface area (Å²) in [6.45, 7) is -1.43. The van der Waals surface area contributed by atoms with Gasteiger partial charge in [-0.15, -0.1) is 0 Å². The van der Waals surface area contributed by atoms with Crippen molar-refractivity contribution in [3.63, 3.8) is 0 Å². The predicted octanol–water partition coefficient (Wildman–Crippen LogP) is -5.53. The normalized spacial score (nSPS) is 34.6. The Labute approximate surface area is 114 Å². The average molecular weight is 302 g/mol. The smallest absolute Gasteiger partial charge is 0.183 e. The SMILES string of the molecule is OC1OC[C@@H](O)[C@H](O)[C@H]1O.OC[C@@H](O)C(O)[C@@H](O)CO. The molecule has 10 heteroatoms. The van der Waals surface area contributed by atoms with E-state index in [4.69, 9.17) is 46.0 Å². The van der Waals surface area contributed by atoms with Gasteiger partial charge in [0.15, 0.2) is 6.29 Å². The third kappa shape index (κ3) is 5.93. The fraction of sp³-hybridized carbons (Fsp3) is 1.00. The minimum Gasteiger partial charge on any atom is -0.394 e. The highest BCUT2D eigenvalue weighted by molar-refractivity contribution is 4.81. The Kier molecular flexibility index (Phi) is 9.33. The summed E-state index contributed by atoms with van der Waals surface area (Å²) < 4.78 is 4.47. The van der Waals surface area contributed by atoms with Gasteiger partial charge in [-0.05, 0) is 0 Å². The third-order valence-corrected chi connectivity index (χ3v) is 2.64. The fourth-order valence-electron chi connectivity index (χ4n) is 1.26. The molecule has 0 bridgehead atoms. The Hall–Kier alpha value is -0.400. The molecule has 10 nitrogen and oxygen atoms in total. The third-order valence-electron chi connectivity index (χ3n) is 2.64. The molecule has 122 valence electrons. The van der Waals surface area contributed by atoms with Crippen LogP contribution in [0, 0.1) is 0 Å². The van der Waals surface area contributed by atoms with Crippen molar-refractivity contribution in [2.45, 2.75) is 42.9 Å². The van der Waals surface area contributed by atoms with Crippen molar-refractivity contribution in [1.82, 2.24) is 0 Å². The summed E-state index contributed by atoms with van der Waals surface area (Å²) in [5.74, 6) is 0. The summed E-state index contributed by atoms with van der Waals surface area (Å²) in [6.07, 6.45) is -9.52. The molecule has 0 radical (unpaired) electrons. The zero-order valence-electron chi connectivity index (χ0n) is 10.6. The van der Waals surface area contributed by atoms with Crippen LogP contribution < -0.4 is 0 Å². The van der Waals surface area contributed by atoms with E-state index in [0.717, 1.165) is 0 Å². The van der Waals surface area contributed by atoms with Crippen LogP contribution in [0.5, 0.6) is 0 Å². The van der Waals surface area contributed by atoms with Gasteiger partial charge in [0.25, 0.3) is 0 Å². The number of hydrogen-bond acceptors (Lipinski definition) is 10. The molecule has 0 aromatic heterocycles. The van der Waals surface area contributed by atoms with Crippen molar-refractivity contribution in [3.05, 3.63) is 0 Å². The van der Waals surface area contributed by atoms with Crippen LogP contribution in [0.25, 0.3) is 0 Å². The van der Waals surface area contributed by atoms with E-state index in [1.807, 2.05) is 0 Å². The van der Waals surface area contributed by atoms with E-state index < -0.39 is 56.1 Å². The van der Waals surface area contributed by atoms with Crippen molar-refractivity contribution in [2.75, 3.05) is 19.8 Å². The number of rotatable bonds is 4. The number of aliphatic hydroxyl groups excluding tert-OH is 9. The molecule has 1 rings (SSSR count). The molecule has 0 spiro atoms. The van der Waals surface area contributed by atoms with Crippen LogP contribution in [0.3, 0.4) is 0 Å². The summed E-state index contributed by atoms with van der Waals surface area (Å²) in [5, 5.41) is 77.8. The first kappa shape index (κ1) is 19.6. The topological polar surface area (TPSA) is 191 Å². The Bertz CT molecular complexity index is 220. The summed E-state index contributed by atoms with van der Waals surface area (Å²) >= 11 is 0. The molecule has 20 heavy (non-hydrogen) atoms. The first-order chi connectivity index (χ1) is 9.26. The van der Waals surface area contributed by atoms with E-state index in [9.17, 15) is 0 Å². The lowest BCUT2D eigenvalue weighted by Crippen LogP contribution is -2.52. The van der Waals surface area contributed by atoms with Gasteiger partial charge >= 0.3 is 0 Å². The molecule has 1 aliphatic heterocycles. The molecule has 2 unspecified atom stereocenters. The Morgan fingerprint density at radius 1 is 0.850 bits per heavy atom. The molecule has 1 fully saturated rings. The second kappa shape index (κ2) is 9.52. The van der Waals surface area contributed by atoms with Gasteiger partial charge < -0.3 is 50.7 Å². The number of aliphatic hydroxyl groups is 9. The molecule has 0 aromatic rings. The monoisotopic (exact) mass is 302 g/mol. The van der Waals surface area contributed by atoms with Crippen LogP contribution in [-0.4, -0.2) is 109 Å². The van der Waals surface area contributed by atoms with E-state index in [-0.39, 0.29) is 6.61 Å². The average Bonchev–Trinajstić information content (AvgIpc) is 2.47. The van der Waals surface area contributed by atoms with Gasteiger partial charge in [0.05, 0.1) is 19.8 Å². The Morgan fingerprint density at radius 3 is 1.65 bits per heavy atom. The fourth-order valence-corrected chi connectivity index (χ4v) is 1.26. The molecule has 1 saturated heterocycles. The van der Waals surface area contributed by atoms with E-state index in [1.165, 1.54) is 0 Å². The zero-order valence-corrected chi connectivity index (χ0v) is 10.6. The highest BCUT2D eigenvalue weighted by Crippen LogP contribution is 2.12. The summed E-state index contributed by atoms with van der Waals surface area (Å²) in [4.78, 5) is 0. The minimum atomic E-state index is -1.49. The maximum atomic E-state index is 8.88. The van der Waals surface area contributed by atoms with E-state index in [0.29, 0.717) is 0 Å². The molecular weight excluding hydrogens is 280 g/mol. The van der Waals surface area contributed by atoms with Gasteiger partial charge in [-0.2, -0.15) is 0 Å². The molecular formula is C10H22O10. The van der Waals surface area contributed by atoms with Gasteiger partial charge in [0.2, 0.25) is 0 Å². The molecule has 1 heterocycles.